The number of aryl methyl sites for hydroxylation is 1. The van der Waals surface area contributed by atoms with Gasteiger partial charge in [0.2, 0.25) is 0 Å². The number of hydrogen-bond donors (Lipinski definition) is 1. The molecule has 0 saturated heterocycles. The van der Waals surface area contributed by atoms with Gasteiger partial charge in [0.25, 0.3) is 5.91 Å². The van der Waals surface area contributed by atoms with Gasteiger partial charge in [0.15, 0.2) is 11.9 Å². The monoisotopic (exact) mass is 266 g/mol. The first kappa shape index (κ1) is 13.6. The van der Waals surface area contributed by atoms with E-state index >= 15 is 0 Å². The Kier molecular flexibility index (Phi) is 4.19. The Labute approximate surface area is 111 Å². The maximum atomic E-state index is 11.9. The highest BCUT2D eigenvalue weighted by Gasteiger charge is 2.30. The van der Waals surface area contributed by atoms with Gasteiger partial charge in [-0.3, -0.25) is 9.59 Å². The lowest BCUT2D eigenvalue weighted by molar-refractivity contribution is -0.161. The Bertz CT molecular complexity index is 465. The van der Waals surface area contributed by atoms with Crippen molar-refractivity contribution in [2.75, 3.05) is 5.32 Å². The van der Waals surface area contributed by atoms with Crippen molar-refractivity contribution in [2.24, 2.45) is 5.92 Å². The summed E-state index contributed by atoms with van der Waals surface area (Å²) >= 11 is 0. The van der Waals surface area contributed by atoms with Crippen LogP contribution in [-0.4, -0.2) is 23.1 Å². The summed E-state index contributed by atoms with van der Waals surface area (Å²) in [6.45, 7) is 3.53. The van der Waals surface area contributed by atoms with E-state index < -0.39 is 6.10 Å². The van der Waals surface area contributed by atoms with Crippen LogP contribution in [0.2, 0.25) is 0 Å². The molecular weight excluding hydrogens is 248 g/mol. The fraction of sp³-hybridized carbons (Fsp3) is 0.615. The van der Waals surface area contributed by atoms with Gasteiger partial charge in [-0.15, -0.1) is 0 Å². The van der Waals surface area contributed by atoms with Crippen LogP contribution in [0.25, 0.3) is 0 Å². The molecule has 1 aliphatic rings. The van der Waals surface area contributed by atoms with Crippen molar-refractivity contribution in [2.45, 2.75) is 45.6 Å². The summed E-state index contributed by atoms with van der Waals surface area (Å²) in [6, 6.07) is 1.61. The van der Waals surface area contributed by atoms with Crippen LogP contribution in [0.1, 0.15) is 38.4 Å². The predicted octanol–water partition coefficient (Wildman–Crippen LogP) is 2.04. The van der Waals surface area contributed by atoms with Gasteiger partial charge in [0.05, 0.1) is 5.92 Å². The van der Waals surface area contributed by atoms with Crippen LogP contribution in [0.3, 0.4) is 0 Å². The van der Waals surface area contributed by atoms with Gasteiger partial charge >= 0.3 is 5.97 Å². The minimum absolute atomic E-state index is 0.0313. The first-order valence-corrected chi connectivity index (χ1v) is 6.54. The smallest absolute Gasteiger partial charge is 0.309 e. The van der Waals surface area contributed by atoms with Crippen molar-refractivity contribution in [1.29, 1.82) is 0 Å². The summed E-state index contributed by atoms with van der Waals surface area (Å²) < 4.78 is 10.1. The van der Waals surface area contributed by atoms with Crippen molar-refractivity contribution >= 4 is 17.7 Å². The highest BCUT2D eigenvalue weighted by Crippen LogP contribution is 2.28. The van der Waals surface area contributed by atoms with Gasteiger partial charge in [-0.2, -0.15) is 0 Å². The lowest BCUT2D eigenvalue weighted by atomic mass is 9.85. The minimum atomic E-state index is -0.773. The highest BCUT2D eigenvalue weighted by molar-refractivity contribution is 5.94. The van der Waals surface area contributed by atoms with Crippen LogP contribution in [0.5, 0.6) is 0 Å². The number of rotatable bonds is 5. The Morgan fingerprint density at radius 1 is 1.58 bits per heavy atom. The molecule has 0 spiro atoms. The van der Waals surface area contributed by atoms with E-state index in [0.29, 0.717) is 18.0 Å². The van der Waals surface area contributed by atoms with Crippen molar-refractivity contribution in [3.05, 3.63) is 11.8 Å². The van der Waals surface area contributed by atoms with E-state index in [1.54, 1.807) is 19.9 Å². The van der Waals surface area contributed by atoms with E-state index in [2.05, 4.69) is 10.5 Å². The van der Waals surface area contributed by atoms with Crippen molar-refractivity contribution < 1.29 is 18.8 Å². The van der Waals surface area contributed by atoms with Crippen molar-refractivity contribution in [3.63, 3.8) is 0 Å². The average molecular weight is 266 g/mol. The second-order valence-electron chi connectivity index (χ2n) is 4.77. The molecule has 1 atom stereocenters. The van der Waals surface area contributed by atoms with E-state index in [-0.39, 0.29) is 17.8 Å². The Balaban J connectivity index is 1.89. The topological polar surface area (TPSA) is 81.4 Å². The normalized spacial score (nSPS) is 16.5. The second kappa shape index (κ2) is 5.86. The first-order valence-electron chi connectivity index (χ1n) is 6.54. The molecule has 1 heterocycles. The van der Waals surface area contributed by atoms with Gasteiger partial charge in [-0.1, -0.05) is 18.5 Å². The molecule has 1 aromatic heterocycles. The third-order valence-corrected chi connectivity index (χ3v) is 3.24. The summed E-state index contributed by atoms with van der Waals surface area (Å²) in [5, 5.41) is 6.24. The molecule has 1 amide bonds. The Hall–Kier alpha value is -1.85. The van der Waals surface area contributed by atoms with Crippen molar-refractivity contribution in [1.82, 2.24) is 5.16 Å². The third-order valence-electron chi connectivity index (χ3n) is 3.24. The van der Waals surface area contributed by atoms with Crippen LogP contribution in [0.4, 0.5) is 5.82 Å². The Morgan fingerprint density at radius 3 is 2.79 bits per heavy atom. The van der Waals surface area contributed by atoms with Crippen LogP contribution in [0.15, 0.2) is 10.6 Å². The number of amides is 1. The molecule has 1 fully saturated rings. The predicted molar refractivity (Wildman–Crippen MR) is 67.4 cm³/mol. The number of esters is 1. The summed E-state index contributed by atoms with van der Waals surface area (Å²) in [4.78, 5) is 23.7. The molecule has 0 radical (unpaired) electrons. The standard InChI is InChI=1S/C13H18N2O4/c1-3-10(18-13(17)9-5-4-6-9)12(16)14-11-7-8(2)19-15-11/h7,9-10H,3-6H2,1-2H3,(H,14,15,16). The van der Waals surface area contributed by atoms with E-state index in [9.17, 15) is 9.59 Å². The number of nitrogens with one attached hydrogen (secondary N) is 1. The van der Waals surface area contributed by atoms with Crippen LogP contribution in [-0.2, 0) is 14.3 Å². The molecule has 0 aliphatic heterocycles. The molecule has 6 nitrogen and oxygen atoms in total. The van der Waals surface area contributed by atoms with E-state index in [1.807, 2.05) is 0 Å². The number of nitrogens with zero attached hydrogens (tertiary/aromatic N) is 1. The molecule has 0 bridgehead atoms. The van der Waals surface area contributed by atoms with Gasteiger partial charge in [0.1, 0.15) is 5.76 Å². The molecule has 19 heavy (non-hydrogen) atoms. The van der Waals surface area contributed by atoms with Crippen LogP contribution < -0.4 is 5.32 Å². The molecule has 1 N–H and O–H groups in total. The lowest BCUT2D eigenvalue weighted by Gasteiger charge is -2.25. The summed E-state index contributed by atoms with van der Waals surface area (Å²) in [5.74, 6) is 0.264. The average Bonchev–Trinajstić information content (AvgIpc) is 2.69. The lowest BCUT2D eigenvalue weighted by Crippen LogP contribution is -2.35. The highest BCUT2D eigenvalue weighted by atomic mass is 16.5. The van der Waals surface area contributed by atoms with E-state index in [1.165, 1.54) is 0 Å². The fourth-order valence-electron chi connectivity index (χ4n) is 1.83. The molecule has 1 unspecified atom stereocenters. The summed E-state index contributed by atoms with van der Waals surface area (Å²) in [7, 11) is 0. The number of carbonyl (C=O) groups excluding carboxylic acids is 2. The fourth-order valence-corrected chi connectivity index (χ4v) is 1.83. The maximum absolute atomic E-state index is 11.9. The van der Waals surface area contributed by atoms with Gasteiger partial charge in [-0.05, 0) is 26.2 Å². The van der Waals surface area contributed by atoms with Crippen molar-refractivity contribution in [3.8, 4) is 0 Å². The molecule has 1 saturated carbocycles. The molecule has 104 valence electrons. The molecule has 2 rings (SSSR count). The van der Waals surface area contributed by atoms with Gasteiger partial charge in [0, 0.05) is 6.07 Å². The minimum Gasteiger partial charge on any atom is -0.452 e. The molecule has 1 aromatic rings. The zero-order valence-electron chi connectivity index (χ0n) is 11.1. The van der Waals surface area contributed by atoms with Crippen LogP contribution in [0, 0.1) is 12.8 Å². The SMILES string of the molecule is CCC(OC(=O)C1CCC1)C(=O)Nc1cc(C)on1. The molecular formula is C13H18N2O4. The third kappa shape index (κ3) is 3.33. The number of anilines is 1. The van der Waals surface area contributed by atoms with Gasteiger partial charge in [-0.25, -0.2) is 0 Å². The largest absolute Gasteiger partial charge is 0.452 e. The van der Waals surface area contributed by atoms with Crippen LogP contribution >= 0.6 is 0 Å². The van der Waals surface area contributed by atoms with E-state index in [0.717, 1.165) is 19.3 Å². The number of hydrogen-bond acceptors (Lipinski definition) is 5. The molecule has 6 heteroatoms. The molecule has 0 aromatic carbocycles. The maximum Gasteiger partial charge on any atom is 0.309 e. The number of ether oxygens (including phenoxy) is 1. The van der Waals surface area contributed by atoms with Gasteiger partial charge < -0.3 is 14.6 Å². The second-order valence-corrected chi connectivity index (χ2v) is 4.77. The first-order chi connectivity index (χ1) is 9.10. The zero-order chi connectivity index (χ0) is 13.8. The summed E-state index contributed by atoms with van der Waals surface area (Å²) in [5.41, 5.74) is 0. The number of carbonyl (C=O) groups is 2. The summed E-state index contributed by atoms with van der Waals surface area (Å²) in [6.07, 6.45) is 2.44. The number of aromatic nitrogens is 1. The zero-order valence-corrected chi connectivity index (χ0v) is 11.1. The quantitative estimate of drug-likeness (QED) is 0.825. The Morgan fingerprint density at radius 2 is 2.32 bits per heavy atom. The van der Waals surface area contributed by atoms with E-state index in [4.69, 9.17) is 9.26 Å². The molecule has 1 aliphatic carbocycles.